The lowest BCUT2D eigenvalue weighted by Crippen LogP contribution is -2.34. The number of nitro benzene ring substituents is 1. The van der Waals surface area contributed by atoms with Crippen LogP contribution in [0.2, 0.25) is 0 Å². The van der Waals surface area contributed by atoms with Gasteiger partial charge < -0.3 is 9.47 Å². The second kappa shape index (κ2) is 10.4. The molecule has 10 heteroatoms. The first-order valence-electron chi connectivity index (χ1n) is 10.7. The molecule has 0 unspecified atom stereocenters. The highest BCUT2D eigenvalue weighted by molar-refractivity contribution is 8.18. The summed E-state index contributed by atoms with van der Waals surface area (Å²) in [5.74, 6) is -0.769. The molecule has 1 fully saturated rings. The van der Waals surface area contributed by atoms with Gasteiger partial charge in [0.2, 0.25) is 0 Å². The maximum Gasteiger partial charge on any atom is 0.326 e. The number of nitro groups is 1. The highest BCUT2D eigenvalue weighted by Crippen LogP contribution is 2.37. The molecule has 0 aromatic heterocycles. The molecule has 3 aromatic carbocycles. The van der Waals surface area contributed by atoms with Crippen molar-refractivity contribution in [1.29, 1.82) is 0 Å². The SMILES string of the molecule is CCOC(=O)CN1C(=O)S/C(=C/c2c(OCc3ccc([N+](=O)[O-])cc3)ccc3ccccc23)C1=O. The van der Waals surface area contributed by atoms with Gasteiger partial charge in [-0.2, -0.15) is 0 Å². The van der Waals surface area contributed by atoms with Crippen molar-refractivity contribution in [3.05, 3.63) is 86.8 Å². The third kappa shape index (κ3) is 5.33. The average Bonchev–Trinajstić information content (AvgIpc) is 3.11. The fraction of sp³-hybridized carbons (Fsp3) is 0.160. The van der Waals surface area contributed by atoms with Crippen LogP contribution in [-0.4, -0.2) is 40.1 Å². The van der Waals surface area contributed by atoms with Gasteiger partial charge in [0, 0.05) is 17.7 Å². The van der Waals surface area contributed by atoms with Crippen molar-refractivity contribution >= 4 is 51.4 Å². The molecule has 1 aliphatic rings. The van der Waals surface area contributed by atoms with Gasteiger partial charge in [0.15, 0.2) is 0 Å². The Labute approximate surface area is 204 Å². The highest BCUT2D eigenvalue weighted by atomic mass is 32.2. The lowest BCUT2D eigenvalue weighted by atomic mass is 10.0. The number of non-ortho nitro benzene ring substituents is 1. The molecule has 0 spiro atoms. The molecule has 178 valence electrons. The number of benzene rings is 3. The summed E-state index contributed by atoms with van der Waals surface area (Å²) >= 11 is 0.744. The molecule has 1 heterocycles. The number of amides is 2. The van der Waals surface area contributed by atoms with Crippen LogP contribution in [0.1, 0.15) is 18.1 Å². The van der Waals surface area contributed by atoms with Crippen LogP contribution in [0.25, 0.3) is 16.8 Å². The van der Waals surface area contributed by atoms with Crippen LogP contribution in [0.15, 0.2) is 65.6 Å². The zero-order chi connectivity index (χ0) is 24.9. The van der Waals surface area contributed by atoms with E-state index in [-0.39, 0.29) is 23.8 Å². The summed E-state index contributed by atoms with van der Waals surface area (Å²) in [5.41, 5.74) is 1.31. The fourth-order valence-electron chi connectivity index (χ4n) is 3.53. The number of thioether (sulfide) groups is 1. The van der Waals surface area contributed by atoms with Crippen molar-refractivity contribution in [2.75, 3.05) is 13.2 Å². The number of carbonyl (C=O) groups excluding carboxylic acids is 3. The van der Waals surface area contributed by atoms with Gasteiger partial charge in [-0.25, -0.2) is 0 Å². The van der Waals surface area contributed by atoms with Crippen molar-refractivity contribution in [1.82, 2.24) is 4.90 Å². The molecule has 0 radical (unpaired) electrons. The summed E-state index contributed by atoms with van der Waals surface area (Å²) in [6.45, 7) is 1.48. The Morgan fingerprint density at radius 2 is 1.83 bits per heavy atom. The Hall–Kier alpha value is -4.18. The van der Waals surface area contributed by atoms with Gasteiger partial charge in [-0.15, -0.1) is 0 Å². The number of rotatable bonds is 8. The van der Waals surface area contributed by atoms with Crippen molar-refractivity contribution in [3.63, 3.8) is 0 Å². The van der Waals surface area contributed by atoms with E-state index in [9.17, 15) is 24.5 Å². The Bertz CT molecular complexity index is 1350. The van der Waals surface area contributed by atoms with E-state index >= 15 is 0 Å². The number of carbonyl (C=O) groups is 3. The van der Waals surface area contributed by atoms with Gasteiger partial charge in [0.05, 0.1) is 16.4 Å². The van der Waals surface area contributed by atoms with E-state index in [1.54, 1.807) is 31.2 Å². The molecular formula is C25H20N2O7S. The smallest absolute Gasteiger partial charge is 0.326 e. The molecule has 0 N–H and O–H groups in total. The molecule has 0 aliphatic carbocycles. The van der Waals surface area contributed by atoms with Gasteiger partial charge in [-0.3, -0.25) is 29.4 Å². The third-order valence-electron chi connectivity index (χ3n) is 5.21. The predicted octanol–water partition coefficient (Wildman–Crippen LogP) is 4.93. The van der Waals surface area contributed by atoms with Gasteiger partial charge in [-0.05, 0) is 59.3 Å². The molecule has 9 nitrogen and oxygen atoms in total. The first-order valence-corrected chi connectivity index (χ1v) is 11.5. The summed E-state index contributed by atoms with van der Waals surface area (Å²) in [6.07, 6.45) is 1.59. The van der Waals surface area contributed by atoms with Crippen LogP contribution in [0.3, 0.4) is 0 Å². The average molecular weight is 493 g/mol. The van der Waals surface area contributed by atoms with E-state index in [1.807, 2.05) is 30.3 Å². The van der Waals surface area contributed by atoms with E-state index in [2.05, 4.69) is 0 Å². The predicted molar refractivity (Wildman–Crippen MR) is 131 cm³/mol. The molecule has 1 saturated heterocycles. The summed E-state index contributed by atoms with van der Waals surface area (Å²) in [7, 11) is 0. The van der Waals surface area contributed by atoms with Crippen molar-refractivity contribution in [2.45, 2.75) is 13.5 Å². The van der Waals surface area contributed by atoms with E-state index in [0.29, 0.717) is 11.3 Å². The maximum atomic E-state index is 12.9. The zero-order valence-corrected chi connectivity index (χ0v) is 19.4. The summed E-state index contributed by atoms with van der Waals surface area (Å²) < 4.78 is 10.9. The van der Waals surface area contributed by atoms with E-state index in [0.717, 1.165) is 33.0 Å². The molecule has 3 aromatic rings. The van der Waals surface area contributed by atoms with E-state index in [4.69, 9.17) is 9.47 Å². The number of imide groups is 1. The van der Waals surface area contributed by atoms with Gasteiger partial charge in [0.25, 0.3) is 16.8 Å². The lowest BCUT2D eigenvalue weighted by Gasteiger charge is -2.13. The monoisotopic (exact) mass is 492 g/mol. The molecule has 0 atom stereocenters. The molecule has 1 aliphatic heterocycles. The van der Waals surface area contributed by atoms with Crippen LogP contribution in [0, 0.1) is 10.1 Å². The second-order valence-electron chi connectivity index (χ2n) is 7.48. The number of hydrogen-bond donors (Lipinski definition) is 0. The van der Waals surface area contributed by atoms with Crippen LogP contribution in [0.5, 0.6) is 5.75 Å². The quantitative estimate of drug-likeness (QED) is 0.188. The van der Waals surface area contributed by atoms with E-state index < -0.39 is 28.6 Å². The van der Waals surface area contributed by atoms with Crippen LogP contribution < -0.4 is 4.74 Å². The van der Waals surface area contributed by atoms with Crippen LogP contribution in [-0.2, 0) is 20.9 Å². The minimum absolute atomic E-state index is 0.0151. The first kappa shape index (κ1) is 24.0. The standard InChI is InChI=1S/C25H20N2O7S/c1-2-33-23(28)14-26-24(29)22(35-25(26)30)13-20-19-6-4-3-5-17(19)9-12-21(20)34-15-16-7-10-18(11-8-16)27(31)32/h3-13H,2,14-15H2,1H3/b22-13+. The topological polar surface area (TPSA) is 116 Å². The number of nitrogens with zero attached hydrogens (tertiary/aromatic N) is 2. The molecule has 0 saturated carbocycles. The van der Waals surface area contributed by atoms with Crippen LogP contribution >= 0.6 is 11.8 Å². The van der Waals surface area contributed by atoms with Gasteiger partial charge in [-0.1, -0.05) is 30.3 Å². The largest absolute Gasteiger partial charge is 0.488 e. The molecule has 2 amide bonds. The number of esters is 1. The molecule has 35 heavy (non-hydrogen) atoms. The summed E-state index contributed by atoms with van der Waals surface area (Å²) in [6, 6.07) is 17.2. The Morgan fingerprint density at radius 3 is 2.54 bits per heavy atom. The maximum absolute atomic E-state index is 12.9. The minimum Gasteiger partial charge on any atom is -0.488 e. The summed E-state index contributed by atoms with van der Waals surface area (Å²) in [5, 5.41) is 12.0. The summed E-state index contributed by atoms with van der Waals surface area (Å²) in [4.78, 5) is 48.5. The number of fused-ring (bicyclic) bond motifs is 1. The molecule has 4 rings (SSSR count). The number of hydrogen-bond acceptors (Lipinski definition) is 8. The lowest BCUT2D eigenvalue weighted by molar-refractivity contribution is -0.384. The normalized spacial score (nSPS) is 14.5. The van der Waals surface area contributed by atoms with Gasteiger partial charge >= 0.3 is 5.97 Å². The number of ether oxygens (including phenoxy) is 2. The van der Waals surface area contributed by atoms with Gasteiger partial charge in [0.1, 0.15) is 18.9 Å². The molecular weight excluding hydrogens is 472 g/mol. The van der Waals surface area contributed by atoms with Crippen molar-refractivity contribution in [3.8, 4) is 5.75 Å². The third-order valence-corrected chi connectivity index (χ3v) is 6.12. The second-order valence-corrected chi connectivity index (χ2v) is 8.48. The van der Waals surface area contributed by atoms with Crippen molar-refractivity contribution < 1.29 is 28.8 Å². The van der Waals surface area contributed by atoms with Crippen LogP contribution in [0.4, 0.5) is 10.5 Å². The minimum atomic E-state index is -0.659. The zero-order valence-electron chi connectivity index (χ0n) is 18.6. The Balaban J connectivity index is 1.64. The highest BCUT2D eigenvalue weighted by Gasteiger charge is 2.37. The fourth-order valence-corrected chi connectivity index (χ4v) is 4.35. The molecule has 0 bridgehead atoms. The van der Waals surface area contributed by atoms with Crippen molar-refractivity contribution in [2.24, 2.45) is 0 Å². The Morgan fingerprint density at radius 1 is 1.09 bits per heavy atom. The Kier molecular flexibility index (Phi) is 7.11. The first-order chi connectivity index (χ1) is 16.9. The van der Waals surface area contributed by atoms with E-state index in [1.165, 1.54) is 12.1 Å².